The number of nitrogens with zero attached hydrogens (tertiary/aromatic N) is 3. The highest BCUT2D eigenvalue weighted by molar-refractivity contribution is 6.30. The van der Waals surface area contributed by atoms with Crippen LogP contribution in [0.3, 0.4) is 0 Å². The maximum absolute atomic E-state index is 13.2. The van der Waals surface area contributed by atoms with E-state index in [1.54, 1.807) is 0 Å². The summed E-state index contributed by atoms with van der Waals surface area (Å²) in [5.41, 5.74) is 3.48. The van der Waals surface area contributed by atoms with Crippen LogP contribution in [0.5, 0.6) is 0 Å². The lowest BCUT2D eigenvalue weighted by Gasteiger charge is -2.27. The van der Waals surface area contributed by atoms with Gasteiger partial charge in [0.15, 0.2) is 0 Å². The number of hydrogen-bond donors (Lipinski definition) is 0. The molecule has 0 saturated carbocycles. The van der Waals surface area contributed by atoms with Crippen LogP contribution in [0.4, 0.5) is 5.69 Å². The van der Waals surface area contributed by atoms with Crippen molar-refractivity contribution >= 4 is 23.2 Å². The predicted molar refractivity (Wildman–Crippen MR) is 115 cm³/mol. The van der Waals surface area contributed by atoms with Gasteiger partial charge in [-0.05, 0) is 55.8 Å². The summed E-state index contributed by atoms with van der Waals surface area (Å²) in [6, 6.07) is 16.8. The fourth-order valence-corrected chi connectivity index (χ4v) is 4.61. The standard InChI is InChI=1S/C23H28ClN3O/c1-25(15-18-6-3-2-4-7-18)13-11-23(28)27-17-21-8-5-12-26(21)16-19-14-20(24)9-10-22(19)27/h2-4,6-7,9-10,14,21H,5,8,11-13,15-17H2,1H3. The average Bonchev–Trinajstić information content (AvgIpc) is 3.06. The third-order valence-corrected chi connectivity index (χ3v) is 6.14. The highest BCUT2D eigenvalue weighted by Crippen LogP contribution is 2.33. The number of fused-ring (bicyclic) bond motifs is 2. The van der Waals surface area contributed by atoms with Crippen molar-refractivity contribution in [3.8, 4) is 0 Å². The molecule has 2 aromatic rings. The lowest BCUT2D eigenvalue weighted by molar-refractivity contribution is -0.119. The van der Waals surface area contributed by atoms with Gasteiger partial charge in [0, 0.05) is 49.4 Å². The van der Waals surface area contributed by atoms with Crippen molar-refractivity contribution in [2.75, 3.05) is 31.6 Å². The zero-order chi connectivity index (χ0) is 19.5. The first kappa shape index (κ1) is 19.4. The number of rotatable bonds is 5. The zero-order valence-electron chi connectivity index (χ0n) is 16.5. The molecule has 148 valence electrons. The van der Waals surface area contributed by atoms with Gasteiger partial charge in [-0.3, -0.25) is 9.69 Å². The Kier molecular flexibility index (Phi) is 6.00. The van der Waals surface area contributed by atoms with E-state index >= 15 is 0 Å². The van der Waals surface area contributed by atoms with Gasteiger partial charge in [-0.15, -0.1) is 0 Å². The van der Waals surface area contributed by atoms with E-state index in [1.807, 2.05) is 29.2 Å². The van der Waals surface area contributed by atoms with E-state index in [9.17, 15) is 4.79 Å². The lowest BCUT2D eigenvalue weighted by Crippen LogP contribution is -2.41. The largest absolute Gasteiger partial charge is 0.310 e. The third-order valence-electron chi connectivity index (χ3n) is 5.90. The average molecular weight is 398 g/mol. The molecule has 0 N–H and O–H groups in total. The van der Waals surface area contributed by atoms with E-state index in [2.05, 4.69) is 41.1 Å². The molecule has 4 rings (SSSR count). The quantitative estimate of drug-likeness (QED) is 0.757. The van der Waals surface area contributed by atoms with Crippen LogP contribution in [0.25, 0.3) is 0 Å². The fourth-order valence-electron chi connectivity index (χ4n) is 4.41. The molecule has 0 spiro atoms. The number of halogens is 1. The summed E-state index contributed by atoms with van der Waals surface area (Å²) >= 11 is 6.25. The fraction of sp³-hybridized carbons (Fsp3) is 0.435. The highest BCUT2D eigenvalue weighted by atomic mass is 35.5. The number of benzene rings is 2. The molecule has 0 bridgehead atoms. The molecule has 2 aliphatic rings. The third kappa shape index (κ3) is 4.40. The Labute approximate surface area is 172 Å². The number of amides is 1. The maximum Gasteiger partial charge on any atom is 0.228 e. The molecule has 1 saturated heterocycles. The van der Waals surface area contributed by atoms with Crippen LogP contribution >= 0.6 is 11.6 Å². The lowest BCUT2D eigenvalue weighted by atomic mass is 10.1. The summed E-state index contributed by atoms with van der Waals surface area (Å²) in [5, 5.41) is 0.742. The van der Waals surface area contributed by atoms with Crippen LogP contribution in [0, 0.1) is 0 Å². The van der Waals surface area contributed by atoms with Crippen molar-refractivity contribution in [2.45, 2.75) is 38.4 Å². The van der Waals surface area contributed by atoms with Gasteiger partial charge < -0.3 is 9.80 Å². The molecule has 2 heterocycles. The minimum atomic E-state index is 0.206. The number of carbonyl (C=O) groups is 1. The van der Waals surface area contributed by atoms with Gasteiger partial charge >= 0.3 is 0 Å². The molecule has 28 heavy (non-hydrogen) atoms. The topological polar surface area (TPSA) is 26.8 Å². The molecular formula is C23H28ClN3O. The van der Waals surface area contributed by atoms with Crippen molar-refractivity contribution in [3.63, 3.8) is 0 Å². The van der Waals surface area contributed by atoms with Gasteiger partial charge in [0.05, 0.1) is 0 Å². The van der Waals surface area contributed by atoms with E-state index < -0.39 is 0 Å². The van der Waals surface area contributed by atoms with Gasteiger partial charge in [0.1, 0.15) is 0 Å². The second-order valence-corrected chi connectivity index (χ2v) is 8.45. The highest BCUT2D eigenvalue weighted by Gasteiger charge is 2.33. The smallest absolute Gasteiger partial charge is 0.228 e. The summed E-state index contributed by atoms with van der Waals surface area (Å²) in [4.78, 5) is 19.9. The van der Waals surface area contributed by atoms with Gasteiger partial charge in [0.2, 0.25) is 5.91 Å². The summed E-state index contributed by atoms with van der Waals surface area (Å²) in [6.07, 6.45) is 2.90. The number of hydrogen-bond acceptors (Lipinski definition) is 3. The molecule has 2 aromatic carbocycles. The molecule has 0 aromatic heterocycles. The van der Waals surface area contributed by atoms with E-state index in [4.69, 9.17) is 11.6 Å². The summed E-state index contributed by atoms with van der Waals surface area (Å²) < 4.78 is 0. The Hall–Kier alpha value is -1.88. The Balaban J connectivity index is 1.45. The van der Waals surface area contributed by atoms with Crippen LogP contribution in [-0.2, 0) is 17.9 Å². The Morgan fingerprint density at radius 3 is 2.86 bits per heavy atom. The molecule has 5 heteroatoms. The molecule has 0 aliphatic carbocycles. The van der Waals surface area contributed by atoms with Crippen molar-refractivity contribution in [1.82, 2.24) is 9.80 Å². The van der Waals surface area contributed by atoms with Crippen LogP contribution in [0.1, 0.15) is 30.4 Å². The van der Waals surface area contributed by atoms with E-state index in [0.29, 0.717) is 12.5 Å². The first-order chi connectivity index (χ1) is 13.6. The second-order valence-electron chi connectivity index (χ2n) is 8.02. The predicted octanol–water partition coefficient (Wildman–Crippen LogP) is 4.17. The molecule has 1 amide bonds. The number of carbonyl (C=O) groups excluding carboxylic acids is 1. The molecule has 1 atom stereocenters. The Morgan fingerprint density at radius 2 is 2.04 bits per heavy atom. The van der Waals surface area contributed by atoms with Crippen molar-refractivity contribution in [1.29, 1.82) is 0 Å². The molecule has 2 aliphatic heterocycles. The Bertz CT molecular complexity index is 826. The molecule has 1 fully saturated rings. The SMILES string of the molecule is CN(CCC(=O)N1CC2CCCN2Cc2cc(Cl)ccc21)Cc1ccccc1. The first-order valence-corrected chi connectivity index (χ1v) is 10.5. The summed E-state index contributed by atoms with van der Waals surface area (Å²) in [7, 11) is 2.08. The first-order valence-electron chi connectivity index (χ1n) is 10.2. The number of anilines is 1. The van der Waals surface area contributed by atoms with Gasteiger partial charge in [-0.2, -0.15) is 0 Å². The minimum absolute atomic E-state index is 0.206. The Morgan fingerprint density at radius 1 is 1.21 bits per heavy atom. The van der Waals surface area contributed by atoms with Crippen molar-refractivity contribution < 1.29 is 4.79 Å². The molecule has 1 unspecified atom stereocenters. The monoisotopic (exact) mass is 397 g/mol. The normalized spacial score (nSPS) is 19.4. The zero-order valence-corrected chi connectivity index (χ0v) is 17.2. The summed E-state index contributed by atoms with van der Waals surface area (Å²) in [5.74, 6) is 0.206. The van der Waals surface area contributed by atoms with Crippen LogP contribution < -0.4 is 4.90 Å². The van der Waals surface area contributed by atoms with Crippen LogP contribution in [-0.4, -0.2) is 48.4 Å². The second kappa shape index (κ2) is 8.64. The van der Waals surface area contributed by atoms with E-state index in [-0.39, 0.29) is 5.91 Å². The molecule has 4 nitrogen and oxygen atoms in total. The van der Waals surface area contributed by atoms with Crippen LogP contribution in [0.15, 0.2) is 48.5 Å². The van der Waals surface area contributed by atoms with E-state index in [1.165, 1.54) is 24.0 Å². The minimum Gasteiger partial charge on any atom is -0.310 e. The maximum atomic E-state index is 13.2. The van der Waals surface area contributed by atoms with Gasteiger partial charge in [-0.1, -0.05) is 41.9 Å². The molecular weight excluding hydrogens is 370 g/mol. The van der Waals surface area contributed by atoms with Crippen LogP contribution in [0.2, 0.25) is 5.02 Å². The molecule has 0 radical (unpaired) electrons. The van der Waals surface area contributed by atoms with Gasteiger partial charge in [-0.25, -0.2) is 0 Å². The van der Waals surface area contributed by atoms with Gasteiger partial charge in [0.25, 0.3) is 0 Å². The van der Waals surface area contributed by atoms with Crippen molar-refractivity contribution in [2.24, 2.45) is 0 Å². The summed E-state index contributed by atoms with van der Waals surface area (Å²) in [6.45, 7) is 4.39. The van der Waals surface area contributed by atoms with E-state index in [0.717, 1.165) is 43.4 Å². The van der Waals surface area contributed by atoms with Crippen molar-refractivity contribution in [3.05, 3.63) is 64.7 Å².